The molecule has 11 heteroatoms. The molecule has 0 aliphatic carbocycles. The number of benzene rings is 3. The molecule has 6 N–H and O–H groups in total. The lowest BCUT2D eigenvalue weighted by molar-refractivity contribution is 0.0270. The zero-order chi connectivity index (χ0) is 32.7. The van der Waals surface area contributed by atoms with Crippen molar-refractivity contribution in [3.63, 3.8) is 0 Å². The number of carbonyl (C=O) groups is 3. The Balaban J connectivity index is 1.58. The summed E-state index contributed by atoms with van der Waals surface area (Å²) in [6.45, 7) is 7.04. The van der Waals surface area contributed by atoms with Gasteiger partial charge < -0.3 is 31.4 Å². The van der Waals surface area contributed by atoms with Gasteiger partial charge in [-0.15, -0.1) is 0 Å². The topological polar surface area (TPSA) is 144 Å². The monoisotopic (exact) mass is 619 g/mol. The molecule has 4 rings (SSSR count). The number of aromatic amines is 1. The molecule has 2 amide bonds. The smallest absolute Gasteiger partial charge is 0.338 e. The van der Waals surface area contributed by atoms with Gasteiger partial charge in [0.15, 0.2) is 0 Å². The van der Waals surface area contributed by atoms with Crippen molar-refractivity contribution in [1.82, 2.24) is 9.88 Å². The number of hydrogen-bond donors (Lipinski definition) is 4. The Labute approximate surface area is 260 Å². The maximum atomic E-state index is 13.9. The predicted octanol–water partition coefficient (Wildman–Crippen LogP) is 5.32. The third-order valence-electron chi connectivity index (χ3n) is 7.36. The number of anilines is 1. The molecule has 4 aromatic rings. The highest BCUT2D eigenvalue weighted by Crippen LogP contribution is 2.22. The fraction of sp³-hybridized carbons (Fsp3) is 0.324. The number of nitrogens with zero attached hydrogens (tertiary/aromatic N) is 1. The standard InChI is InChI=1S/C34H39F2N5O4/c1-4-8-41(9-5-2)33(43)23-10-20(3)11-24(15-23)34(44)45-31(28(37)14-21-12-25(35)17-26(36)13-21)19-39-27-7-6-22-16-30(32(38)42)40-29(22)18-27/h6-7,10-13,15-18,28,31,39-40H,4-5,8-9,14,19,37H2,1-3H3,(H2,38,42)/t28-,31+/m0/s1. The molecule has 0 aliphatic rings. The first-order chi connectivity index (χ1) is 21.5. The molecule has 238 valence electrons. The molecule has 0 saturated heterocycles. The Morgan fingerprint density at radius 1 is 0.933 bits per heavy atom. The van der Waals surface area contributed by atoms with Gasteiger partial charge in [0.05, 0.1) is 12.1 Å². The number of primary amides is 1. The van der Waals surface area contributed by atoms with Crippen LogP contribution in [0.4, 0.5) is 14.5 Å². The highest BCUT2D eigenvalue weighted by Gasteiger charge is 2.25. The predicted molar refractivity (Wildman–Crippen MR) is 170 cm³/mol. The average Bonchev–Trinajstić information content (AvgIpc) is 3.42. The molecule has 0 aliphatic heterocycles. The Hall–Kier alpha value is -4.77. The summed E-state index contributed by atoms with van der Waals surface area (Å²) in [6, 6.07) is 14.2. The molecule has 0 bridgehead atoms. The van der Waals surface area contributed by atoms with Crippen LogP contribution in [0.15, 0.2) is 60.7 Å². The first-order valence-corrected chi connectivity index (χ1v) is 15.0. The number of nitrogens with one attached hydrogen (secondary N) is 2. The second kappa shape index (κ2) is 14.8. The number of esters is 1. The van der Waals surface area contributed by atoms with E-state index in [1.807, 2.05) is 13.8 Å². The number of halogens is 2. The summed E-state index contributed by atoms with van der Waals surface area (Å²) >= 11 is 0. The van der Waals surface area contributed by atoms with Crippen LogP contribution in [0.25, 0.3) is 10.9 Å². The first kappa shape index (κ1) is 33.1. The molecule has 0 radical (unpaired) electrons. The molecule has 0 fully saturated rings. The van der Waals surface area contributed by atoms with Crippen LogP contribution in [0.5, 0.6) is 0 Å². The third-order valence-corrected chi connectivity index (χ3v) is 7.36. The Kier molecular flexibility index (Phi) is 10.9. The highest BCUT2D eigenvalue weighted by molar-refractivity contribution is 5.99. The summed E-state index contributed by atoms with van der Waals surface area (Å²) in [5.41, 5.74) is 15.0. The fourth-order valence-electron chi connectivity index (χ4n) is 5.27. The van der Waals surface area contributed by atoms with Crippen LogP contribution in [0.2, 0.25) is 0 Å². The van der Waals surface area contributed by atoms with Crippen molar-refractivity contribution < 1.29 is 27.9 Å². The van der Waals surface area contributed by atoms with Gasteiger partial charge in [-0.2, -0.15) is 0 Å². The maximum absolute atomic E-state index is 13.9. The zero-order valence-corrected chi connectivity index (χ0v) is 25.7. The summed E-state index contributed by atoms with van der Waals surface area (Å²) in [6.07, 6.45) is 0.682. The van der Waals surface area contributed by atoms with Crippen molar-refractivity contribution in [3.05, 3.63) is 100 Å². The van der Waals surface area contributed by atoms with Crippen LogP contribution >= 0.6 is 0 Å². The van der Waals surface area contributed by atoms with E-state index in [1.54, 1.807) is 48.2 Å². The second-order valence-electron chi connectivity index (χ2n) is 11.2. The maximum Gasteiger partial charge on any atom is 0.338 e. The van der Waals surface area contributed by atoms with E-state index in [2.05, 4.69) is 10.3 Å². The molecule has 1 heterocycles. The van der Waals surface area contributed by atoms with Gasteiger partial charge in [-0.1, -0.05) is 19.9 Å². The van der Waals surface area contributed by atoms with Gasteiger partial charge >= 0.3 is 5.97 Å². The van der Waals surface area contributed by atoms with E-state index in [-0.39, 0.29) is 30.1 Å². The Morgan fingerprint density at radius 3 is 2.24 bits per heavy atom. The van der Waals surface area contributed by atoms with E-state index in [4.69, 9.17) is 16.2 Å². The molecular weight excluding hydrogens is 580 g/mol. The van der Waals surface area contributed by atoms with Gasteiger partial charge in [-0.05, 0) is 85.8 Å². The number of H-pyrrole nitrogens is 1. The van der Waals surface area contributed by atoms with Crippen LogP contribution in [0, 0.1) is 18.6 Å². The molecule has 0 spiro atoms. The largest absolute Gasteiger partial charge is 0.455 e. The minimum Gasteiger partial charge on any atom is -0.455 e. The van der Waals surface area contributed by atoms with Gasteiger partial charge in [0, 0.05) is 47.4 Å². The Bertz CT molecular complexity index is 1660. The van der Waals surface area contributed by atoms with E-state index < -0.39 is 35.7 Å². The molecule has 9 nitrogen and oxygen atoms in total. The average molecular weight is 620 g/mol. The number of hydrogen-bond acceptors (Lipinski definition) is 6. The quantitative estimate of drug-likeness (QED) is 0.141. The molecule has 45 heavy (non-hydrogen) atoms. The van der Waals surface area contributed by atoms with Crippen molar-refractivity contribution in [3.8, 4) is 0 Å². The van der Waals surface area contributed by atoms with Gasteiger partial charge in [0.25, 0.3) is 11.8 Å². The second-order valence-corrected chi connectivity index (χ2v) is 11.2. The SMILES string of the molecule is CCCN(CCC)C(=O)c1cc(C)cc(C(=O)O[C@H](CNc2ccc3cc(C(N)=O)[nH]c3c2)[C@@H](N)Cc2cc(F)cc(F)c2)c1. The fourth-order valence-corrected chi connectivity index (χ4v) is 5.27. The lowest BCUT2D eigenvalue weighted by Gasteiger charge is -2.26. The molecule has 0 unspecified atom stereocenters. The number of aryl methyl sites for hydroxylation is 1. The number of rotatable bonds is 14. The van der Waals surface area contributed by atoms with Crippen LogP contribution in [0.1, 0.15) is 69.0 Å². The van der Waals surface area contributed by atoms with Crippen molar-refractivity contribution in [1.29, 1.82) is 0 Å². The minimum absolute atomic E-state index is 0.0203. The number of nitrogens with two attached hydrogens (primary N) is 2. The Morgan fingerprint density at radius 2 is 1.60 bits per heavy atom. The summed E-state index contributed by atoms with van der Waals surface area (Å²) in [5.74, 6) is -2.93. The molecule has 0 saturated carbocycles. The number of carbonyl (C=O) groups excluding carboxylic acids is 3. The first-order valence-electron chi connectivity index (χ1n) is 15.0. The van der Waals surface area contributed by atoms with E-state index in [0.29, 0.717) is 41.0 Å². The number of amides is 2. The van der Waals surface area contributed by atoms with Gasteiger partial charge in [0.2, 0.25) is 0 Å². The number of fused-ring (bicyclic) bond motifs is 1. The molecule has 1 aromatic heterocycles. The van der Waals surface area contributed by atoms with Crippen molar-refractivity contribution in [2.45, 2.75) is 52.2 Å². The normalized spacial score (nSPS) is 12.5. The van der Waals surface area contributed by atoms with E-state index >= 15 is 0 Å². The lowest BCUT2D eigenvalue weighted by atomic mass is 10.0. The van der Waals surface area contributed by atoms with Crippen molar-refractivity contribution in [2.24, 2.45) is 11.5 Å². The summed E-state index contributed by atoms with van der Waals surface area (Å²) in [7, 11) is 0. The van der Waals surface area contributed by atoms with Gasteiger partial charge in [-0.25, -0.2) is 13.6 Å². The van der Waals surface area contributed by atoms with Gasteiger partial charge in [0.1, 0.15) is 23.4 Å². The van der Waals surface area contributed by atoms with Crippen molar-refractivity contribution >= 4 is 34.4 Å². The number of ether oxygens (including phenoxy) is 1. The van der Waals surface area contributed by atoms with Crippen LogP contribution in [-0.2, 0) is 11.2 Å². The summed E-state index contributed by atoms with van der Waals surface area (Å²) in [4.78, 5) is 43.1. The zero-order valence-electron chi connectivity index (χ0n) is 25.7. The molecule has 2 atom stereocenters. The van der Waals surface area contributed by atoms with Crippen LogP contribution in [-0.4, -0.2) is 59.4 Å². The minimum atomic E-state index is -0.944. The van der Waals surface area contributed by atoms with E-state index in [0.717, 1.165) is 24.3 Å². The molecular formula is C34H39F2N5O4. The van der Waals surface area contributed by atoms with Crippen LogP contribution < -0.4 is 16.8 Å². The lowest BCUT2D eigenvalue weighted by Crippen LogP contribution is -2.44. The van der Waals surface area contributed by atoms with Gasteiger partial charge in [-0.3, -0.25) is 9.59 Å². The number of aromatic nitrogens is 1. The van der Waals surface area contributed by atoms with Crippen molar-refractivity contribution in [2.75, 3.05) is 25.0 Å². The van der Waals surface area contributed by atoms with E-state index in [1.165, 1.54) is 18.2 Å². The third kappa shape index (κ3) is 8.66. The summed E-state index contributed by atoms with van der Waals surface area (Å²) in [5, 5.41) is 3.98. The highest BCUT2D eigenvalue weighted by atomic mass is 19.1. The summed E-state index contributed by atoms with van der Waals surface area (Å²) < 4.78 is 33.7. The van der Waals surface area contributed by atoms with Crippen LogP contribution in [0.3, 0.4) is 0 Å². The van der Waals surface area contributed by atoms with E-state index in [9.17, 15) is 23.2 Å². The molecule has 3 aromatic carbocycles.